The number of likely N-dealkylation sites (tertiary alicyclic amines) is 2. The summed E-state index contributed by atoms with van der Waals surface area (Å²) in [6.07, 6.45) is 1.42. The molecule has 0 saturated carbocycles. The van der Waals surface area contributed by atoms with Gasteiger partial charge in [-0.2, -0.15) is 18.3 Å². The average molecular weight is 758 g/mol. The van der Waals surface area contributed by atoms with Crippen molar-refractivity contribution in [2.24, 2.45) is 0 Å². The molecule has 0 spiro atoms. The lowest BCUT2D eigenvalue weighted by atomic mass is 9.89. The number of amides is 4. The molecule has 4 saturated heterocycles. The SMILES string of the molecule is [C-]#[N+]c1ccc(NC(=O)C(C)(C)n2cc(C3CCN(C4CN(C5CN(c6ccc7c(c6)CN(C6CCC(=O)NC6=O)C7=O)C5)C4)CC3)cn2)cc1C(F)(F)F. The van der Waals surface area contributed by atoms with Crippen LogP contribution in [0.2, 0.25) is 0 Å². The maximum atomic E-state index is 13.5. The first-order chi connectivity index (χ1) is 26.2. The van der Waals surface area contributed by atoms with Crippen molar-refractivity contribution in [2.45, 2.75) is 81.8 Å². The molecule has 1 atom stereocenters. The minimum absolute atomic E-state index is 0.0406. The van der Waals surface area contributed by atoms with Crippen LogP contribution in [0.1, 0.15) is 72.5 Å². The van der Waals surface area contributed by atoms with Gasteiger partial charge in [0.05, 0.1) is 18.3 Å². The number of carbonyl (C=O) groups excluding carboxylic acids is 4. The fraction of sp³-hybridized carbons (Fsp3) is 0.487. The van der Waals surface area contributed by atoms with Crippen molar-refractivity contribution >= 4 is 40.7 Å². The van der Waals surface area contributed by atoms with E-state index in [0.717, 1.165) is 81.1 Å². The summed E-state index contributed by atoms with van der Waals surface area (Å²) in [6.45, 7) is 16.5. The number of halogens is 3. The highest BCUT2D eigenvalue weighted by Gasteiger charge is 2.43. The van der Waals surface area contributed by atoms with Gasteiger partial charge in [0.1, 0.15) is 11.6 Å². The Hall–Kier alpha value is -5.27. The first kappa shape index (κ1) is 36.7. The van der Waals surface area contributed by atoms with E-state index in [4.69, 9.17) is 6.57 Å². The fourth-order valence-electron chi connectivity index (χ4n) is 8.45. The van der Waals surface area contributed by atoms with Crippen LogP contribution in [0.25, 0.3) is 4.85 Å². The standard InChI is InChI=1S/C39H42F3N9O4/c1-38(2,37(55)45-26-4-7-32(43-3)31(15-26)39(40,41)42)51-18-25(16-44-51)23-10-12-47(13-11-23)28-19-49(20-28)29-21-48(22-29)27-5-6-30-24(14-27)17-50(36(30)54)33-8-9-34(52)46-35(33)53/h4-7,14-16,18,23,28-29,33H,8-13,17,19-22H2,1-2H3,(H,45,55)(H,46,52,53). The Morgan fingerprint density at radius 1 is 0.964 bits per heavy atom. The van der Waals surface area contributed by atoms with Gasteiger partial charge in [-0.25, -0.2) is 4.85 Å². The Morgan fingerprint density at radius 2 is 1.69 bits per heavy atom. The van der Waals surface area contributed by atoms with Crippen molar-refractivity contribution < 1.29 is 32.3 Å². The van der Waals surface area contributed by atoms with E-state index in [1.54, 1.807) is 29.6 Å². The van der Waals surface area contributed by atoms with Gasteiger partial charge in [-0.15, -0.1) is 0 Å². The summed E-state index contributed by atoms with van der Waals surface area (Å²) in [5.74, 6) is -1.10. The number of carbonyl (C=O) groups is 4. The van der Waals surface area contributed by atoms with Crippen LogP contribution in [0, 0.1) is 6.57 Å². The van der Waals surface area contributed by atoms with Crippen molar-refractivity contribution in [3.05, 3.63) is 82.5 Å². The number of nitrogens with one attached hydrogen (secondary N) is 2. The molecule has 0 bridgehead atoms. The zero-order valence-electron chi connectivity index (χ0n) is 30.6. The molecule has 55 heavy (non-hydrogen) atoms. The lowest BCUT2D eigenvalue weighted by Crippen LogP contribution is -2.70. The summed E-state index contributed by atoms with van der Waals surface area (Å²) < 4.78 is 41.9. The molecular formula is C39H42F3N9O4. The zero-order chi connectivity index (χ0) is 38.8. The van der Waals surface area contributed by atoms with E-state index in [2.05, 4.69) is 41.3 Å². The molecule has 8 rings (SSSR count). The Labute approximate surface area is 316 Å². The van der Waals surface area contributed by atoms with Crippen LogP contribution in [-0.2, 0) is 32.6 Å². The molecule has 1 aromatic heterocycles. The highest BCUT2D eigenvalue weighted by atomic mass is 19.4. The summed E-state index contributed by atoms with van der Waals surface area (Å²) in [5.41, 5.74) is 0.805. The molecule has 4 amide bonds. The Kier molecular flexibility index (Phi) is 9.20. The van der Waals surface area contributed by atoms with Gasteiger partial charge in [-0.1, -0.05) is 6.07 Å². The van der Waals surface area contributed by atoms with Gasteiger partial charge >= 0.3 is 6.18 Å². The minimum Gasteiger partial charge on any atom is -0.368 e. The second-order valence-electron chi connectivity index (χ2n) is 15.8. The molecule has 16 heteroatoms. The lowest BCUT2D eigenvalue weighted by molar-refractivity contribution is -0.138. The summed E-state index contributed by atoms with van der Waals surface area (Å²) >= 11 is 0. The van der Waals surface area contributed by atoms with E-state index in [0.29, 0.717) is 30.6 Å². The number of nitrogens with zero attached hydrogens (tertiary/aromatic N) is 7. The van der Waals surface area contributed by atoms with Crippen LogP contribution in [-0.4, -0.2) is 106 Å². The van der Waals surface area contributed by atoms with Crippen LogP contribution in [0.3, 0.4) is 0 Å². The molecule has 2 aromatic carbocycles. The second kappa shape index (κ2) is 13.8. The van der Waals surface area contributed by atoms with Crippen LogP contribution in [0.15, 0.2) is 48.8 Å². The number of fused-ring (bicyclic) bond motifs is 1. The topological polar surface area (TPSA) is 127 Å². The number of aromatic nitrogens is 2. The number of anilines is 2. The largest absolute Gasteiger partial charge is 0.407 e. The molecule has 3 aromatic rings. The normalized spacial score (nSPS) is 21.9. The third kappa shape index (κ3) is 6.84. The summed E-state index contributed by atoms with van der Waals surface area (Å²) in [6, 6.07) is 9.40. The summed E-state index contributed by atoms with van der Waals surface area (Å²) in [7, 11) is 0. The highest BCUT2D eigenvalue weighted by molar-refractivity contribution is 6.05. The Morgan fingerprint density at radius 3 is 2.38 bits per heavy atom. The maximum Gasteiger partial charge on any atom is 0.407 e. The van der Waals surface area contributed by atoms with Crippen molar-refractivity contribution in [1.29, 1.82) is 0 Å². The van der Waals surface area contributed by atoms with Gasteiger partial charge in [0.2, 0.25) is 11.8 Å². The molecule has 5 aliphatic rings. The van der Waals surface area contributed by atoms with Gasteiger partial charge in [-0.3, -0.25) is 39.0 Å². The van der Waals surface area contributed by atoms with Crippen LogP contribution < -0.4 is 15.5 Å². The molecule has 4 fully saturated rings. The minimum atomic E-state index is -4.72. The Bertz CT molecular complexity index is 2090. The predicted molar refractivity (Wildman–Crippen MR) is 195 cm³/mol. The van der Waals surface area contributed by atoms with Crippen molar-refractivity contribution in [3.63, 3.8) is 0 Å². The van der Waals surface area contributed by atoms with Gasteiger partial charge < -0.3 is 15.1 Å². The summed E-state index contributed by atoms with van der Waals surface area (Å²) in [5, 5.41) is 9.41. The lowest BCUT2D eigenvalue weighted by Gasteiger charge is -2.55. The molecule has 5 aliphatic heterocycles. The molecule has 6 heterocycles. The third-order valence-corrected chi connectivity index (χ3v) is 12.1. The number of imide groups is 1. The van der Waals surface area contributed by atoms with Gasteiger partial charge in [0.15, 0.2) is 5.69 Å². The van der Waals surface area contributed by atoms with E-state index in [9.17, 15) is 32.3 Å². The molecule has 2 N–H and O–H groups in total. The van der Waals surface area contributed by atoms with Crippen molar-refractivity contribution in [2.75, 3.05) is 49.5 Å². The summed E-state index contributed by atoms with van der Waals surface area (Å²) in [4.78, 5) is 62.3. The van der Waals surface area contributed by atoms with E-state index in [-0.39, 0.29) is 29.8 Å². The van der Waals surface area contributed by atoms with Crippen LogP contribution in [0.5, 0.6) is 0 Å². The second-order valence-corrected chi connectivity index (χ2v) is 15.8. The van der Waals surface area contributed by atoms with E-state index < -0.39 is 40.8 Å². The van der Waals surface area contributed by atoms with Gasteiger partial charge in [0, 0.05) is 74.4 Å². The number of rotatable bonds is 8. The number of alkyl halides is 3. The number of hydrogen-bond acceptors (Lipinski definition) is 8. The smallest absolute Gasteiger partial charge is 0.368 e. The molecule has 13 nitrogen and oxygen atoms in total. The molecule has 0 radical (unpaired) electrons. The zero-order valence-corrected chi connectivity index (χ0v) is 30.6. The number of hydrogen-bond donors (Lipinski definition) is 2. The highest BCUT2D eigenvalue weighted by Crippen LogP contribution is 2.39. The van der Waals surface area contributed by atoms with Crippen molar-refractivity contribution in [3.8, 4) is 0 Å². The van der Waals surface area contributed by atoms with E-state index in [1.807, 2.05) is 18.3 Å². The quantitative estimate of drug-likeness (QED) is 0.257. The van der Waals surface area contributed by atoms with Crippen LogP contribution in [0.4, 0.5) is 30.2 Å². The average Bonchev–Trinajstić information content (AvgIpc) is 3.74. The molecular weight excluding hydrogens is 715 g/mol. The van der Waals surface area contributed by atoms with Crippen LogP contribution >= 0.6 is 0 Å². The predicted octanol–water partition coefficient (Wildman–Crippen LogP) is 4.34. The molecule has 288 valence electrons. The first-order valence-corrected chi connectivity index (χ1v) is 18.7. The Balaban J connectivity index is 0.789. The van der Waals surface area contributed by atoms with Gasteiger partial charge in [0.25, 0.3) is 11.8 Å². The molecule has 1 unspecified atom stereocenters. The van der Waals surface area contributed by atoms with Gasteiger partial charge in [-0.05, 0) is 93.6 Å². The van der Waals surface area contributed by atoms with E-state index >= 15 is 0 Å². The number of benzene rings is 2. The number of piperidine rings is 2. The third-order valence-electron chi connectivity index (χ3n) is 12.1. The first-order valence-electron chi connectivity index (χ1n) is 18.7. The van der Waals surface area contributed by atoms with E-state index in [1.165, 1.54) is 6.07 Å². The van der Waals surface area contributed by atoms with Crippen molar-refractivity contribution in [1.82, 2.24) is 29.8 Å². The monoisotopic (exact) mass is 757 g/mol. The fourth-order valence-corrected chi connectivity index (χ4v) is 8.45. The molecule has 0 aliphatic carbocycles. The maximum absolute atomic E-state index is 13.5.